The molecule has 1 amide bonds. The molecule has 0 bridgehead atoms. The van der Waals surface area contributed by atoms with E-state index >= 15 is 0 Å². The standard InChI is InChI=1S/C21H23N3O/c1-15-20(16(2)24(3)23-15)12-13-22-21(25)19-11-7-10-18(14-19)17-8-5-4-6-9-17/h4-11,14H,12-13H2,1-3H3,(H,22,25). The zero-order valence-electron chi connectivity index (χ0n) is 14.9. The molecule has 0 saturated heterocycles. The lowest BCUT2D eigenvalue weighted by atomic mass is 10.0. The first-order valence-corrected chi connectivity index (χ1v) is 8.49. The predicted molar refractivity (Wildman–Crippen MR) is 101 cm³/mol. The van der Waals surface area contributed by atoms with E-state index in [0.29, 0.717) is 12.1 Å². The van der Waals surface area contributed by atoms with E-state index in [1.54, 1.807) is 0 Å². The molecule has 1 aromatic heterocycles. The molecule has 0 atom stereocenters. The molecule has 0 unspecified atom stereocenters. The number of benzene rings is 2. The molecule has 1 heterocycles. The number of aryl methyl sites for hydroxylation is 2. The highest BCUT2D eigenvalue weighted by molar-refractivity contribution is 5.95. The summed E-state index contributed by atoms with van der Waals surface area (Å²) in [6, 6.07) is 17.8. The second-order valence-electron chi connectivity index (χ2n) is 6.23. The van der Waals surface area contributed by atoms with E-state index in [4.69, 9.17) is 0 Å². The molecule has 0 spiro atoms. The fraction of sp³-hybridized carbons (Fsp3) is 0.238. The zero-order valence-corrected chi connectivity index (χ0v) is 14.9. The Hall–Kier alpha value is -2.88. The van der Waals surface area contributed by atoms with Crippen molar-refractivity contribution < 1.29 is 4.79 Å². The van der Waals surface area contributed by atoms with Crippen LogP contribution in [0.5, 0.6) is 0 Å². The maximum absolute atomic E-state index is 12.5. The maximum Gasteiger partial charge on any atom is 0.251 e. The average molecular weight is 333 g/mol. The molecule has 1 N–H and O–H groups in total. The highest BCUT2D eigenvalue weighted by atomic mass is 16.1. The predicted octanol–water partition coefficient (Wildman–Crippen LogP) is 3.68. The molecule has 3 aromatic rings. The SMILES string of the molecule is Cc1nn(C)c(C)c1CCNC(=O)c1cccc(-c2ccccc2)c1. The minimum absolute atomic E-state index is 0.0445. The van der Waals surface area contributed by atoms with Crippen molar-refractivity contribution in [1.29, 1.82) is 0 Å². The number of nitrogens with one attached hydrogen (secondary N) is 1. The third kappa shape index (κ3) is 3.79. The third-order valence-corrected chi connectivity index (χ3v) is 4.55. The van der Waals surface area contributed by atoms with Gasteiger partial charge in [0.25, 0.3) is 5.91 Å². The fourth-order valence-corrected chi connectivity index (χ4v) is 3.05. The van der Waals surface area contributed by atoms with Crippen LogP contribution in [0.25, 0.3) is 11.1 Å². The van der Waals surface area contributed by atoms with Crippen LogP contribution in [0.1, 0.15) is 27.3 Å². The van der Waals surface area contributed by atoms with E-state index in [1.165, 1.54) is 5.56 Å². The van der Waals surface area contributed by atoms with E-state index in [2.05, 4.69) is 17.3 Å². The van der Waals surface area contributed by atoms with Crippen LogP contribution in [0.15, 0.2) is 54.6 Å². The molecule has 0 saturated carbocycles. The normalized spacial score (nSPS) is 10.7. The Balaban J connectivity index is 1.66. The van der Waals surface area contributed by atoms with E-state index in [9.17, 15) is 4.79 Å². The smallest absolute Gasteiger partial charge is 0.251 e. The number of carbonyl (C=O) groups excluding carboxylic acids is 1. The van der Waals surface area contributed by atoms with Crippen LogP contribution < -0.4 is 5.32 Å². The van der Waals surface area contributed by atoms with Gasteiger partial charge in [0.2, 0.25) is 0 Å². The summed E-state index contributed by atoms with van der Waals surface area (Å²) in [6.07, 6.45) is 0.787. The van der Waals surface area contributed by atoms with E-state index in [0.717, 1.165) is 28.9 Å². The van der Waals surface area contributed by atoms with Gasteiger partial charge in [-0.05, 0) is 49.1 Å². The highest BCUT2D eigenvalue weighted by Crippen LogP contribution is 2.20. The van der Waals surface area contributed by atoms with Gasteiger partial charge < -0.3 is 5.32 Å². The Morgan fingerprint density at radius 3 is 2.44 bits per heavy atom. The monoisotopic (exact) mass is 333 g/mol. The second kappa shape index (κ2) is 7.34. The Bertz CT molecular complexity index is 881. The summed E-state index contributed by atoms with van der Waals surface area (Å²) in [5.74, 6) is -0.0445. The molecular formula is C21H23N3O. The second-order valence-corrected chi connectivity index (χ2v) is 6.23. The minimum atomic E-state index is -0.0445. The number of hydrogen-bond acceptors (Lipinski definition) is 2. The summed E-state index contributed by atoms with van der Waals surface area (Å²) >= 11 is 0. The van der Waals surface area contributed by atoms with Crippen molar-refractivity contribution in [2.45, 2.75) is 20.3 Å². The van der Waals surface area contributed by atoms with E-state index in [-0.39, 0.29) is 5.91 Å². The first kappa shape index (κ1) is 17.0. The maximum atomic E-state index is 12.5. The minimum Gasteiger partial charge on any atom is -0.352 e. The van der Waals surface area contributed by atoms with Gasteiger partial charge in [-0.15, -0.1) is 0 Å². The molecule has 0 aliphatic carbocycles. The van der Waals surface area contributed by atoms with Gasteiger partial charge in [-0.3, -0.25) is 9.48 Å². The first-order valence-electron chi connectivity index (χ1n) is 8.49. The third-order valence-electron chi connectivity index (χ3n) is 4.55. The van der Waals surface area contributed by atoms with Crippen molar-refractivity contribution in [3.8, 4) is 11.1 Å². The van der Waals surface area contributed by atoms with Crippen LogP contribution in [0.2, 0.25) is 0 Å². The molecule has 128 valence electrons. The Morgan fingerprint density at radius 2 is 1.76 bits per heavy atom. The van der Waals surface area contributed by atoms with Crippen molar-refractivity contribution in [1.82, 2.24) is 15.1 Å². The van der Waals surface area contributed by atoms with E-state index in [1.807, 2.05) is 73.3 Å². The first-order chi connectivity index (χ1) is 12.1. The van der Waals surface area contributed by atoms with Gasteiger partial charge in [0, 0.05) is 24.8 Å². The number of aromatic nitrogens is 2. The summed E-state index contributed by atoms with van der Waals surface area (Å²) in [5, 5.41) is 7.43. The Morgan fingerprint density at radius 1 is 1.04 bits per heavy atom. The van der Waals surface area contributed by atoms with Crippen LogP contribution in [0.3, 0.4) is 0 Å². The molecule has 3 rings (SSSR count). The lowest BCUT2D eigenvalue weighted by molar-refractivity contribution is 0.0954. The molecule has 0 fully saturated rings. The van der Waals surface area contributed by atoms with Crippen molar-refractivity contribution >= 4 is 5.91 Å². The van der Waals surface area contributed by atoms with Crippen LogP contribution in [0, 0.1) is 13.8 Å². The number of carbonyl (C=O) groups is 1. The lowest BCUT2D eigenvalue weighted by Gasteiger charge is -2.08. The number of amides is 1. The van der Waals surface area contributed by atoms with Crippen LogP contribution in [-0.2, 0) is 13.5 Å². The number of rotatable bonds is 5. The average Bonchev–Trinajstić information content (AvgIpc) is 2.88. The van der Waals surface area contributed by atoms with Crippen molar-refractivity contribution in [2.75, 3.05) is 6.54 Å². The molecule has 25 heavy (non-hydrogen) atoms. The van der Waals surface area contributed by atoms with Crippen molar-refractivity contribution in [2.24, 2.45) is 7.05 Å². The molecule has 2 aromatic carbocycles. The van der Waals surface area contributed by atoms with Gasteiger partial charge in [0.15, 0.2) is 0 Å². The molecule has 4 nitrogen and oxygen atoms in total. The van der Waals surface area contributed by atoms with Crippen molar-refractivity contribution in [3.63, 3.8) is 0 Å². The summed E-state index contributed by atoms with van der Waals surface area (Å²) in [6.45, 7) is 4.66. The molecular weight excluding hydrogens is 310 g/mol. The van der Waals surface area contributed by atoms with Gasteiger partial charge in [0.05, 0.1) is 5.69 Å². The van der Waals surface area contributed by atoms with Gasteiger partial charge in [-0.2, -0.15) is 5.10 Å². The van der Waals surface area contributed by atoms with Crippen LogP contribution in [0.4, 0.5) is 0 Å². The summed E-state index contributed by atoms with van der Waals surface area (Å²) in [7, 11) is 1.94. The summed E-state index contributed by atoms with van der Waals surface area (Å²) < 4.78 is 1.88. The molecule has 0 aliphatic heterocycles. The van der Waals surface area contributed by atoms with Gasteiger partial charge in [0.1, 0.15) is 0 Å². The molecule has 0 radical (unpaired) electrons. The number of nitrogens with zero attached hydrogens (tertiary/aromatic N) is 2. The van der Waals surface area contributed by atoms with Crippen LogP contribution >= 0.6 is 0 Å². The van der Waals surface area contributed by atoms with E-state index < -0.39 is 0 Å². The largest absolute Gasteiger partial charge is 0.352 e. The summed E-state index contributed by atoms with van der Waals surface area (Å²) in [5.41, 5.74) is 6.23. The highest BCUT2D eigenvalue weighted by Gasteiger charge is 2.11. The van der Waals surface area contributed by atoms with Gasteiger partial charge in [-0.1, -0.05) is 42.5 Å². The molecule has 0 aliphatic rings. The Labute approximate surface area is 148 Å². The quantitative estimate of drug-likeness (QED) is 0.774. The molecule has 4 heteroatoms. The Kier molecular flexibility index (Phi) is 4.98. The fourth-order valence-electron chi connectivity index (χ4n) is 3.05. The topological polar surface area (TPSA) is 46.9 Å². The number of hydrogen-bond donors (Lipinski definition) is 1. The zero-order chi connectivity index (χ0) is 17.8. The van der Waals surface area contributed by atoms with Crippen LogP contribution in [-0.4, -0.2) is 22.2 Å². The van der Waals surface area contributed by atoms with Crippen molar-refractivity contribution in [3.05, 3.63) is 77.1 Å². The lowest BCUT2D eigenvalue weighted by Crippen LogP contribution is -2.25. The van der Waals surface area contributed by atoms with Gasteiger partial charge >= 0.3 is 0 Å². The summed E-state index contributed by atoms with van der Waals surface area (Å²) in [4.78, 5) is 12.5. The van der Waals surface area contributed by atoms with Gasteiger partial charge in [-0.25, -0.2) is 0 Å².